The first-order valence-corrected chi connectivity index (χ1v) is 7.98. The second-order valence-electron chi connectivity index (χ2n) is 6.13. The average Bonchev–Trinajstić information content (AvgIpc) is 2.46. The summed E-state index contributed by atoms with van der Waals surface area (Å²) in [6.07, 6.45) is 5.60. The number of rotatable bonds is 3. The third-order valence-corrected chi connectivity index (χ3v) is 4.51. The largest absolute Gasteiger partial charge is 0.325 e. The molecule has 0 radical (unpaired) electrons. The summed E-state index contributed by atoms with van der Waals surface area (Å²) in [5.41, 5.74) is 0. The van der Waals surface area contributed by atoms with E-state index in [0.717, 1.165) is 70.7 Å². The van der Waals surface area contributed by atoms with Gasteiger partial charge in [0.15, 0.2) is 0 Å². The zero-order valence-electron chi connectivity index (χ0n) is 12.9. The summed E-state index contributed by atoms with van der Waals surface area (Å²) in [5.74, 6) is 0.780. The second-order valence-corrected chi connectivity index (χ2v) is 6.13. The van der Waals surface area contributed by atoms with Gasteiger partial charge in [-0.1, -0.05) is 13.8 Å². The molecule has 0 aromatic carbocycles. The maximum atomic E-state index is 12.7. The second kappa shape index (κ2) is 8.73. The lowest BCUT2D eigenvalue weighted by Gasteiger charge is -2.40. The zero-order chi connectivity index (χ0) is 13.7. The van der Waals surface area contributed by atoms with Crippen LogP contribution >= 0.6 is 12.4 Å². The zero-order valence-corrected chi connectivity index (χ0v) is 13.8. The molecule has 4 nitrogen and oxygen atoms in total. The first-order chi connectivity index (χ1) is 9.22. The molecule has 0 spiro atoms. The standard InChI is InChI=1S/C15H29N3O.ClH/c1-3-10-18(14-4-8-16-9-5-14)15(19)17-11-6-13(2)7-12-17;/h13-14,16H,3-12H2,1-2H3;1H. The molecule has 0 saturated carbocycles. The van der Waals surface area contributed by atoms with E-state index in [9.17, 15) is 4.79 Å². The molecule has 0 atom stereocenters. The van der Waals surface area contributed by atoms with Gasteiger partial charge in [-0.25, -0.2) is 4.79 Å². The molecule has 5 heteroatoms. The maximum Gasteiger partial charge on any atom is 0.320 e. The molecule has 0 aromatic rings. The van der Waals surface area contributed by atoms with Gasteiger partial charge in [0.2, 0.25) is 0 Å². The highest BCUT2D eigenvalue weighted by atomic mass is 35.5. The van der Waals surface area contributed by atoms with Crippen molar-refractivity contribution in [2.24, 2.45) is 5.92 Å². The maximum absolute atomic E-state index is 12.7. The highest BCUT2D eigenvalue weighted by Gasteiger charge is 2.29. The summed E-state index contributed by atoms with van der Waals surface area (Å²) in [7, 11) is 0. The molecule has 0 aromatic heterocycles. The van der Waals surface area contributed by atoms with E-state index in [0.29, 0.717) is 12.1 Å². The number of likely N-dealkylation sites (tertiary alicyclic amines) is 1. The molecule has 2 saturated heterocycles. The van der Waals surface area contributed by atoms with E-state index in [-0.39, 0.29) is 12.4 Å². The molecular formula is C15H30ClN3O. The van der Waals surface area contributed by atoms with Crippen LogP contribution in [-0.4, -0.2) is 54.6 Å². The van der Waals surface area contributed by atoms with Gasteiger partial charge in [-0.05, 0) is 51.1 Å². The van der Waals surface area contributed by atoms with Crippen LogP contribution in [0.3, 0.4) is 0 Å². The van der Waals surface area contributed by atoms with Crippen molar-refractivity contribution in [2.45, 2.75) is 52.0 Å². The van der Waals surface area contributed by atoms with Crippen molar-refractivity contribution in [3.8, 4) is 0 Å². The number of halogens is 1. The summed E-state index contributed by atoms with van der Waals surface area (Å²) in [6.45, 7) is 9.37. The van der Waals surface area contributed by atoms with E-state index in [1.165, 1.54) is 0 Å². The highest BCUT2D eigenvalue weighted by Crippen LogP contribution is 2.20. The number of hydrogen-bond acceptors (Lipinski definition) is 2. The Morgan fingerprint density at radius 3 is 2.35 bits per heavy atom. The number of nitrogens with one attached hydrogen (secondary N) is 1. The van der Waals surface area contributed by atoms with Gasteiger partial charge in [0, 0.05) is 25.7 Å². The third-order valence-electron chi connectivity index (χ3n) is 4.51. The minimum atomic E-state index is 0. The topological polar surface area (TPSA) is 35.6 Å². The number of urea groups is 1. The molecule has 2 amide bonds. The Morgan fingerprint density at radius 2 is 1.80 bits per heavy atom. The van der Waals surface area contributed by atoms with Gasteiger partial charge in [0.1, 0.15) is 0 Å². The average molecular weight is 304 g/mol. The molecule has 2 heterocycles. The molecule has 0 aliphatic carbocycles. The molecule has 0 bridgehead atoms. The molecule has 2 rings (SSSR count). The number of carbonyl (C=O) groups is 1. The first-order valence-electron chi connectivity index (χ1n) is 7.98. The van der Waals surface area contributed by atoms with Crippen LogP contribution in [0.2, 0.25) is 0 Å². The Hall–Kier alpha value is -0.480. The van der Waals surface area contributed by atoms with Crippen molar-refractivity contribution in [3.63, 3.8) is 0 Å². The van der Waals surface area contributed by atoms with Crippen molar-refractivity contribution in [1.29, 1.82) is 0 Å². The number of hydrogen-bond donors (Lipinski definition) is 1. The summed E-state index contributed by atoms with van der Waals surface area (Å²) in [4.78, 5) is 17.0. The van der Waals surface area contributed by atoms with Crippen LogP contribution in [0.15, 0.2) is 0 Å². The summed E-state index contributed by atoms with van der Waals surface area (Å²) in [5, 5.41) is 3.38. The fourth-order valence-electron chi connectivity index (χ4n) is 3.18. The Balaban J connectivity index is 0.00000200. The van der Waals surface area contributed by atoms with Gasteiger partial charge in [0.05, 0.1) is 0 Å². The molecular weight excluding hydrogens is 274 g/mol. The monoisotopic (exact) mass is 303 g/mol. The highest BCUT2D eigenvalue weighted by molar-refractivity contribution is 5.85. The predicted molar refractivity (Wildman–Crippen MR) is 85.5 cm³/mol. The van der Waals surface area contributed by atoms with Gasteiger partial charge in [0.25, 0.3) is 0 Å². The van der Waals surface area contributed by atoms with E-state index in [4.69, 9.17) is 0 Å². The van der Waals surface area contributed by atoms with Gasteiger partial charge in [-0.2, -0.15) is 0 Å². The number of piperidine rings is 2. The molecule has 2 aliphatic heterocycles. The summed E-state index contributed by atoms with van der Waals surface area (Å²) in [6, 6.07) is 0.744. The Kier molecular flexibility index (Phi) is 7.67. The molecule has 118 valence electrons. The lowest BCUT2D eigenvalue weighted by Crippen LogP contribution is -2.53. The Bertz CT molecular complexity index is 287. The number of amides is 2. The van der Waals surface area contributed by atoms with Crippen molar-refractivity contribution in [3.05, 3.63) is 0 Å². The first kappa shape index (κ1) is 17.6. The molecule has 1 N–H and O–H groups in total. The Labute approximate surface area is 129 Å². The van der Waals surface area contributed by atoms with E-state index in [2.05, 4.69) is 29.0 Å². The van der Waals surface area contributed by atoms with Crippen molar-refractivity contribution >= 4 is 18.4 Å². The van der Waals surface area contributed by atoms with Crippen molar-refractivity contribution in [2.75, 3.05) is 32.7 Å². The van der Waals surface area contributed by atoms with Crippen molar-refractivity contribution in [1.82, 2.24) is 15.1 Å². The van der Waals surface area contributed by atoms with Crippen LogP contribution in [0.4, 0.5) is 4.79 Å². The lowest BCUT2D eigenvalue weighted by atomic mass is 9.99. The lowest BCUT2D eigenvalue weighted by molar-refractivity contribution is 0.108. The number of nitrogens with zero attached hydrogens (tertiary/aromatic N) is 2. The minimum absolute atomic E-state index is 0. The Morgan fingerprint density at radius 1 is 1.20 bits per heavy atom. The van der Waals surface area contributed by atoms with Gasteiger partial charge >= 0.3 is 6.03 Å². The smallest absolute Gasteiger partial charge is 0.320 e. The molecule has 2 aliphatic rings. The van der Waals surface area contributed by atoms with Gasteiger partial charge in [-0.3, -0.25) is 0 Å². The van der Waals surface area contributed by atoms with Crippen LogP contribution in [0.25, 0.3) is 0 Å². The van der Waals surface area contributed by atoms with Crippen LogP contribution in [0.1, 0.15) is 46.0 Å². The summed E-state index contributed by atoms with van der Waals surface area (Å²) >= 11 is 0. The molecule has 0 unspecified atom stereocenters. The van der Waals surface area contributed by atoms with Crippen LogP contribution < -0.4 is 5.32 Å². The van der Waals surface area contributed by atoms with E-state index in [1.54, 1.807) is 0 Å². The molecule has 2 fully saturated rings. The van der Waals surface area contributed by atoms with Gasteiger partial charge in [-0.15, -0.1) is 12.4 Å². The van der Waals surface area contributed by atoms with E-state index < -0.39 is 0 Å². The van der Waals surface area contributed by atoms with Crippen molar-refractivity contribution < 1.29 is 4.79 Å². The fourth-order valence-corrected chi connectivity index (χ4v) is 3.18. The minimum Gasteiger partial charge on any atom is -0.325 e. The normalized spacial score (nSPS) is 21.4. The van der Waals surface area contributed by atoms with E-state index in [1.807, 2.05) is 0 Å². The fraction of sp³-hybridized carbons (Fsp3) is 0.933. The SMILES string of the molecule is CCCN(C(=O)N1CCC(C)CC1)C1CCNCC1.Cl. The van der Waals surface area contributed by atoms with Crippen LogP contribution in [0.5, 0.6) is 0 Å². The number of carbonyl (C=O) groups excluding carboxylic acids is 1. The van der Waals surface area contributed by atoms with E-state index >= 15 is 0 Å². The van der Waals surface area contributed by atoms with Gasteiger partial charge < -0.3 is 15.1 Å². The predicted octanol–water partition coefficient (Wildman–Crippen LogP) is 2.72. The third kappa shape index (κ3) is 4.52. The van der Waals surface area contributed by atoms with Crippen LogP contribution in [-0.2, 0) is 0 Å². The molecule has 20 heavy (non-hydrogen) atoms. The van der Waals surface area contributed by atoms with Crippen LogP contribution in [0, 0.1) is 5.92 Å². The summed E-state index contributed by atoms with van der Waals surface area (Å²) < 4.78 is 0. The quantitative estimate of drug-likeness (QED) is 0.870.